The molecule has 0 radical (unpaired) electrons. The Morgan fingerprint density at radius 2 is 2.62 bits per heavy atom. The van der Waals surface area contributed by atoms with Gasteiger partial charge in [-0.05, 0) is 6.08 Å². The zero-order valence-electron chi connectivity index (χ0n) is 4.20. The van der Waals surface area contributed by atoms with E-state index in [0.717, 1.165) is 0 Å². The Balaban J connectivity index is 2.54. The molecule has 0 fully saturated rings. The van der Waals surface area contributed by atoms with Crippen LogP contribution in [0.4, 0.5) is 0 Å². The van der Waals surface area contributed by atoms with Crippen LogP contribution in [0.15, 0.2) is 12.3 Å². The summed E-state index contributed by atoms with van der Waals surface area (Å²) in [5, 5.41) is 8.69. The molecule has 0 bridgehead atoms. The van der Waals surface area contributed by atoms with E-state index < -0.39 is 6.10 Å². The molecule has 1 heterocycles. The van der Waals surface area contributed by atoms with Crippen LogP contribution >= 0.6 is 0 Å². The summed E-state index contributed by atoms with van der Waals surface area (Å²) in [6, 6.07) is 0. The largest absolute Gasteiger partial charge is 0.435 e. The van der Waals surface area contributed by atoms with Crippen molar-refractivity contribution in [1.82, 2.24) is 0 Å². The number of ether oxygens (including phenoxy) is 1. The summed E-state index contributed by atoms with van der Waals surface area (Å²) in [7, 11) is 0. The quantitative estimate of drug-likeness (QED) is 0.444. The van der Waals surface area contributed by atoms with Crippen molar-refractivity contribution in [1.29, 1.82) is 0 Å². The molecule has 0 aliphatic carbocycles. The Kier molecular flexibility index (Phi) is 1.30. The van der Waals surface area contributed by atoms with Gasteiger partial charge in [-0.1, -0.05) is 0 Å². The Bertz CT molecular complexity index is 128. The van der Waals surface area contributed by atoms with E-state index in [-0.39, 0.29) is 12.4 Å². The second-order valence-corrected chi connectivity index (χ2v) is 1.59. The normalized spacial score (nSPS) is 27.6. The van der Waals surface area contributed by atoms with Crippen molar-refractivity contribution >= 4 is 5.97 Å². The van der Waals surface area contributed by atoms with E-state index in [2.05, 4.69) is 4.74 Å². The third-order valence-electron chi connectivity index (χ3n) is 0.876. The van der Waals surface area contributed by atoms with Crippen LogP contribution in [0.5, 0.6) is 0 Å². The average Bonchev–Trinajstić information content (AvgIpc) is 1.64. The molecule has 0 aromatic carbocycles. The molecule has 1 aliphatic rings. The molecule has 0 aromatic heterocycles. The van der Waals surface area contributed by atoms with Gasteiger partial charge in [0.05, 0.1) is 18.8 Å². The fourth-order valence-electron chi connectivity index (χ4n) is 0.493. The molecule has 0 spiro atoms. The molecule has 44 valence electrons. The molecule has 0 aromatic rings. The number of aliphatic hydroxyl groups is 1. The summed E-state index contributed by atoms with van der Waals surface area (Å²) >= 11 is 0. The SMILES string of the molecule is O=C1CC(O)C=CO1. The molecule has 0 amide bonds. The molecule has 8 heavy (non-hydrogen) atoms. The number of hydrogen-bond acceptors (Lipinski definition) is 3. The lowest BCUT2D eigenvalue weighted by Gasteiger charge is -2.07. The third-order valence-corrected chi connectivity index (χ3v) is 0.876. The molecule has 1 aliphatic heterocycles. The van der Waals surface area contributed by atoms with Gasteiger partial charge in [-0.15, -0.1) is 0 Å². The van der Waals surface area contributed by atoms with Crippen LogP contribution in [0.1, 0.15) is 6.42 Å². The lowest BCUT2D eigenvalue weighted by atomic mass is 10.2. The van der Waals surface area contributed by atoms with Crippen LogP contribution < -0.4 is 0 Å². The number of carbonyl (C=O) groups excluding carboxylic acids is 1. The summed E-state index contributed by atoms with van der Waals surface area (Å²) in [6.07, 6.45) is 2.07. The van der Waals surface area contributed by atoms with Crippen molar-refractivity contribution in [3.8, 4) is 0 Å². The minimum absolute atomic E-state index is 0.0799. The molecule has 0 saturated heterocycles. The highest BCUT2D eigenvalue weighted by molar-refractivity contribution is 5.71. The summed E-state index contributed by atoms with van der Waals surface area (Å²) in [6.45, 7) is 0. The monoisotopic (exact) mass is 114 g/mol. The second kappa shape index (κ2) is 1.96. The molecule has 0 saturated carbocycles. The second-order valence-electron chi connectivity index (χ2n) is 1.59. The molecule has 3 heteroatoms. The standard InChI is InChI=1S/C5H6O3/c6-4-1-2-8-5(7)3-4/h1-2,4,6H,3H2. The molecular weight excluding hydrogens is 108 g/mol. The summed E-state index contributed by atoms with van der Waals surface area (Å²) < 4.78 is 4.37. The zero-order chi connectivity index (χ0) is 5.98. The lowest BCUT2D eigenvalue weighted by Crippen LogP contribution is -2.15. The van der Waals surface area contributed by atoms with Crippen LogP contribution in [0, 0.1) is 0 Å². The number of rotatable bonds is 0. The van der Waals surface area contributed by atoms with E-state index in [9.17, 15) is 4.79 Å². The van der Waals surface area contributed by atoms with Gasteiger partial charge < -0.3 is 9.84 Å². The maximum absolute atomic E-state index is 10.2. The van der Waals surface area contributed by atoms with E-state index in [0.29, 0.717) is 0 Å². The van der Waals surface area contributed by atoms with Crippen LogP contribution in [0.3, 0.4) is 0 Å². The number of aliphatic hydroxyl groups excluding tert-OH is 1. The summed E-state index contributed by atoms with van der Waals surface area (Å²) in [5.74, 6) is -0.375. The van der Waals surface area contributed by atoms with Crippen molar-refractivity contribution in [2.75, 3.05) is 0 Å². The number of carbonyl (C=O) groups is 1. The van der Waals surface area contributed by atoms with Gasteiger partial charge in [0.25, 0.3) is 0 Å². The van der Waals surface area contributed by atoms with Crippen molar-refractivity contribution in [2.45, 2.75) is 12.5 Å². The summed E-state index contributed by atoms with van der Waals surface area (Å²) in [4.78, 5) is 10.2. The van der Waals surface area contributed by atoms with Crippen molar-refractivity contribution in [3.63, 3.8) is 0 Å². The smallest absolute Gasteiger partial charge is 0.313 e. The molecule has 1 atom stereocenters. The lowest BCUT2D eigenvalue weighted by molar-refractivity contribution is -0.140. The molecular formula is C5H6O3. The van der Waals surface area contributed by atoms with E-state index in [1.54, 1.807) is 0 Å². The van der Waals surface area contributed by atoms with E-state index in [1.807, 2.05) is 0 Å². The third kappa shape index (κ3) is 1.07. The number of cyclic esters (lactones) is 1. The highest BCUT2D eigenvalue weighted by atomic mass is 16.5. The van der Waals surface area contributed by atoms with Gasteiger partial charge in [0.1, 0.15) is 0 Å². The average molecular weight is 114 g/mol. The Morgan fingerprint density at radius 1 is 1.88 bits per heavy atom. The van der Waals surface area contributed by atoms with Crippen LogP contribution in [-0.2, 0) is 9.53 Å². The van der Waals surface area contributed by atoms with Crippen molar-refractivity contribution in [2.24, 2.45) is 0 Å². The highest BCUT2D eigenvalue weighted by Crippen LogP contribution is 2.02. The molecule has 1 rings (SSSR count). The Hall–Kier alpha value is -0.830. The van der Waals surface area contributed by atoms with Crippen molar-refractivity contribution in [3.05, 3.63) is 12.3 Å². The molecule has 1 N–H and O–H groups in total. The highest BCUT2D eigenvalue weighted by Gasteiger charge is 2.11. The maximum Gasteiger partial charge on any atom is 0.313 e. The molecule has 1 unspecified atom stereocenters. The number of esters is 1. The predicted octanol–water partition coefficient (Wildman–Crippen LogP) is -0.192. The van der Waals surface area contributed by atoms with Gasteiger partial charge in [0.15, 0.2) is 0 Å². The Morgan fingerprint density at radius 3 is 3.00 bits per heavy atom. The first-order chi connectivity index (χ1) is 3.79. The molecule has 3 nitrogen and oxygen atoms in total. The first-order valence-electron chi connectivity index (χ1n) is 2.33. The Labute approximate surface area is 46.6 Å². The van der Waals surface area contributed by atoms with Gasteiger partial charge in [-0.25, -0.2) is 0 Å². The zero-order valence-corrected chi connectivity index (χ0v) is 4.20. The summed E-state index contributed by atoms with van der Waals surface area (Å²) in [5.41, 5.74) is 0. The predicted molar refractivity (Wildman–Crippen MR) is 25.9 cm³/mol. The van der Waals surface area contributed by atoms with Gasteiger partial charge >= 0.3 is 5.97 Å². The van der Waals surface area contributed by atoms with E-state index >= 15 is 0 Å². The van der Waals surface area contributed by atoms with Gasteiger partial charge in [0, 0.05) is 0 Å². The van der Waals surface area contributed by atoms with Crippen LogP contribution in [-0.4, -0.2) is 17.2 Å². The van der Waals surface area contributed by atoms with Gasteiger partial charge in [-0.2, -0.15) is 0 Å². The first-order valence-corrected chi connectivity index (χ1v) is 2.33. The topological polar surface area (TPSA) is 46.5 Å². The van der Waals surface area contributed by atoms with Crippen LogP contribution in [0.25, 0.3) is 0 Å². The van der Waals surface area contributed by atoms with Gasteiger partial charge in [-0.3, -0.25) is 4.79 Å². The minimum Gasteiger partial charge on any atom is -0.435 e. The minimum atomic E-state index is -0.642. The fourth-order valence-corrected chi connectivity index (χ4v) is 0.493. The van der Waals surface area contributed by atoms with Crippen LogP contribution in [0.2, 0.25) is 0 Å². The number of hydrogen-bond donors (Lipinski definition) is 1. The maximum atomic E-state index is 10.2. The van der Waals surface area contributed by atoms with E-state index in [4.69, 9.17) is 5.11 Å². The first kappa shape index (κ1) is 5.31. The fraction of sp³-hybridized carbons (Fsp3) is 0.400. The van der Waals surface area contributed by atoms with Gasteiger partial charge in [0.2, 0.25) is 0 Å². The van der Waals surface area contributed by atoms with Crippen molar-refractivity contribution < 1.29 is 14.6 Å². The van der Waals surface area contributed by atoms with E-state index in [1.165, 1.54) is 12.3 Å².